The largest absolute Gasteiger partial charge is 0.333 e. The lowest BCUT2D eigenvalue weighted by Crippen LogP contribution is -2.26. The Morgan fingerprint density at radius 1 is 1.20 bits per heavy atom. The highest BCUT2D eigenvalue weighted by molar-refractivity contribution is 7.99. The minimum atomic E-state index is 0.344. The minimum Gasteiger partial charge on any atom is -0.333 e. The molecule has 2 rings (SSSR count). The van der Waals surface area contributed by atoms with Crippen molar-refractivity contribution in [2.24, 2.45) is 5.41 Å². The Balaban J connectivity index is 2.07. The average molecular weight is 309 g/mol. The Kier molecular flexibility index (Phi) is 5.85. The van der Waals surface area contributed by atoms with Crippen LogP contribution in [0.1, 0.15) is 39.5 Å². The van der Waals surface area contributed by atoms with Gasteiger partial charge in [-0.2, -0.15) is 12.6 Å². The highest BCUT2D eigenvalue weighted by atomic mass is 32.2. The monoisotopic (exact) mass is 308 g/mol. The number of para-hydroxylation sites is 2. The quantitative estimate of drug-likeness (QED) is 0.520. The van der Waals surface area contributed by atoms with Crippen molar-refractivity contribution in [1.29, 1.82) is 0 Å². The van der Waals surface area contributed by atoms with Crippen molar-refractivity contribution in [3.8, 4) is 0 Å². The van der Waals surface area contributed by atoms with E-state index < -0.39 is 0 Å². The molecular formula is C16H24N2S2. The van der Waals surface area contributed by atoms with Crippen LogP contribution in [0.4, 0.5) is 0 Å². The normalized spacial score (nSPS) is 12.2. The molecule has 110 valence electrons. The molecule has 0 fully saturated rings. The summed E-state index contributed by atoms with van der Waals surface area (Å²) in [5.74, 6) is 2.06. The molecule has 0 saturated carbocycles. The van der Waals surface area contributed by atoms with Crippen LogP contribution in [-0.2, 0) is 0 Å². The molecule has 0 radical (unpaired) electrons. The third-order valence-corrected chi connectivity index (χ3v) is 5.67. The van der Waals surface area contributed by atoms with E-state index in [0.717, 1.165) is 27.7 Å². The number of imidazole rings is 1. The van der Waals surface area contributed by atoms with Gasteiger partial charge in [0.05, 0.1) is 11.0 Å². The predicted molar refractivity (Wildman–Crippen MR) is 92.9 cm³/mol. The van der Waals surface area contributed by atoms with Gasteiger partial charge < -0.3 is 4.98 Å². The van der Waals surface area contributed by atoms with Gasteiger partial charge in [0.25, 0.3) is 0 Å². The maximum absolute atomic E-state index is 4.65. The molecule has 1 aromatic carbocycles. The standard InChI is InChI=1S/C16H24N2S2/c1-3-9-16(11-19,10-4-2)12-20-15-17-13-7-5-6-8-14(13)18-15/h5-8,19H,3-4,9-12H2,1-2H3,(H,17,18). The molecule has 0 unspecified atom stereocenters. The summed E-state index contributed by atoms with van der Waals surface area (Å²) in [5, 5.41) is 1.03. The molecule has 20 heavy (non-hydrogen) atoms. The highest BCUT2D eigenvalue weighted by Crippen LogP contribution is 2.37. The number of H-pyrrole nitrogens is 1. The van der Waals surface area contributed by atoms with Crippen molar-refractivity contribution in [3.05, 3.63) is 24.3 Å². The van der Waals surface area contributed by atoms with Crippen LogP contribution in [0.15, 0.2) is 29.4 Å². The lowest BCUT2D eigenvalue weighted by Gasteiger charge is -2.31. The number of fused-ring (bicyclic) bond motifs is 1. The number of rotatable bonds is 8. The van der Waals surface area contributed by atoms with Crippen LogP contribution >= 0.6 is 24.4 Å². The zero-order valence-corrected chi connectivity index (χ0v) is 14.1. The fraction of sp³-hybridized carbons (Fsp3) is 0.562. The Bertz CT molecular complexity index is 497. The zero-order valence-electron chi connectivity index (χ0n) is 12.4. The first-order valence-electron chi connectivity index (χ1n) is 7.41. The van der Waals surface area contributed by atoms with Crippen LogP contribution in [0.5, 0.6) is 0 Å². The van der Waals surface area contributed by atoms with Gasteiger partial charge in [-0.05, 0) is 36.1 Å². The first-order valence-corrected chi connectivity index (χ1v) is 9.03. The molecule has 0 spiro atoms. The Labute approximate surface area is 131 Å². The van der Waals surface area contributed by atoms with Gasteiger partial charge in [-0.1, -0.05) is 50.6 Å². The molecular weight excluding hydrogens is 284 g/mol. The van der Waals surface area contributed by atoms with Crippen molar-refractivity contribution >= 4 is 35.4 Å². The molecule has 0 aliphatic heterocycles. The summed E-state index contributed by atoms with van der Waals surface area (Å²) in [6.45, 7) is 4.53. The van der Waals surface area contributed by atoms with E-state index in [1.54, 1.807) is 0 Å². The molecule has 1 heterocycles. The van der Waals surface area contributed by atoms with E-state index in [9.17, 15) is 0 Å². The zero-order chi connectivity index (χ0) is 14.4. The van der Waals surface area contributed by atoms with E-state index in [-0.39, 0.29) is 0 Å². The van der Waals surface area contributed by atoms with Crippen LogP contribution in [0.2, 0.25) is 0 Å². The summed E-state index contributed by atoms with van der Waals surface area (Å²) in [7, 11) is 0. The summed E-state index contributed by atoms with van der Waals surface area (Å²) in [6.07, 6.45) is 4.94. The van der Waals surface area contributed by atoms with Crippen molar-refractivity contribution in [1.82, 2.24) is 9.97 Å². The second-order valence-electron chi connectivity index (χ2n) is 5.51. The smallest absolute Gasteiger partial charge is 0.166 e. The molecule has 1 N–H and O–H groups in total. The number of thioether (sulfide) groups is 1. The van der Waals surface area contributed by atoms with Crippen LogP contribution in [0.3, 0.4) is 0 Å². The van der Waals surface area contributed by atoms with Gasteiger partial charge >= 0.3 is 0 Å². The molecule has 0 aliphatic rings. The van der Waals surface area contributed by atoms with Crippen molar-refractivity contribution < 1.29 is 0 Å². The van der Waals surface area contributed by atoms with Gasteiger partial charge in [-0.25, -0.2) is 4.98 Å². The van der Waals surface area contributed by atoms with Gasteiger partial charge in [0.1, 0.15) is 0 Å². The molecule has 4 heteroatoms. The topological polar surface area (TPSA) is 28.7 Å². The maximum Gasteiger partial charge on any atom is 0.166 e. The number of aromatic amines is 1. The van der Waals surface area contributed by atoms with E-state index >= 15 is 0 Å². The van der Waals surface area contributed by atoms with Gasteiger partial charge in [0.2, 0.25) is 0 Å². The fourth-order valence-electron chi connectivity index (χ4n) is 2.75. The summed E-state index contributed by atoms with van der Waals surface area (Å²) < 4.78 is 0. The highest BCUT2D eigenvalue weighted by Gasteiger charge is 2.27. The van der Waals surface area contributed by atoms with Crippen LogP contribution in [0, 0.1) is 5.41 Å². The number of aromatic nitrogens is 2. The number of nitrogens with zero attached hydrogens (tertiary/aromatic N) is 1. The number of hydrogen-bond donors (Lipinski definition) is 2. The van der Waals surface area contributed by atoms with Gasteiger partial charge in [0.15, 0.2) is 5.16 Å². The Hall–Kier alpha value is -0.610. The summed E-state index contributed by atoms with van der Waals surface area (Å²) in [6, 6.07) is 8.21. The summed E-state index contributed by atoms with van der Waals surface area (Å²) in [5.41, 5.74) is 2.52. The van der Waals surface area contributed by atoms with Gasteiger partial charge in [-0.3, -0.25) is 0 Å². The van der Waals surface area contributed by atoms with Crippen molar-refractivity contribution in [2.45, 2.75) is 44.7 Å². The maximum atomic E-state index is 4.65. The molecule has 0 saturated heterocycles. The van der Waals surface area contributed by atoms with E-state index in [1.807, 2.05) is 23.9 Å². The fourth-order valence-corrected chi connectivity index (χ4v) is 4.51. The van der Waals surface area contributed by atoms with E-state index in [4.69, 9.17) is 0 Å². The first kappa shape index (κ1) is 15.8. The number of thiol groups is 1. The Morgan fingerprint density at radius 2 is 1.90 bits per heavy atom. The minimum absolute atomic E-state index is 0.344. The summed E-state index contributed by atoms with van der Waals surface area (Å²) in [4.78, 5) is 8.06. The molecule has 0 bridgehead atoms. The van der Waals surface area contributed by atoms with E-state index in [2.05, 4.69) is 48.6 Å². The third-order valence-electron chi connectivity index (χ3n) is 3.78. The van der Waals surface area contributed by atoms with E-state index in [1.165, 1.54) is 25.7 Å². The van der Waals surface area contributed by atoms with Gasteiger partial charge in [0, 0.05) is 5.75 Å². The lowest BCUT2D eigenvalue weighted by molar-refractivity contribution is 0.318. The molecule has 0 atom stereocenters. The van der Waals surface area contributed by atoms with Crippen molar-refractivity contribution in [3.63, 3.8) is 0 Å². The molecule has 0 aliphatic carbocycles. The molecule has 1 aromatic heterocycles. The Morgan fingerprint density at radius 3 is 2.50 bits per heavy atom. The van der Waals surface area contributed by atoms with Crippen molar-refractivity contribution in [2.75, 3.05) is 11.5 Å². The molecule has 0 amide bonds. The van der Waals surface area contributed by atoms with Crippen LogP contribution < -0.4 is 0 Å². The van der Waals surface area contributed by atoms with Crippen LogP contribution in [0.25, 0.3) is 11.0 Å². The second kappa shape index (κ2) is 7.41. The average Bonchev–Trinajstić information content (AvgIpc) is 2.88. The number of benzene rings is 1. The first-order chi connectivity index (χ1) is 9.73. The third kappa shape index (κ3) is 3.73. The van der Waals surface area contributed by atoms with Crippen LogP contribution in [-0.4, -0.2) is 21.5 Å². The SMILES string of the molecule is CCCC(CS)(CCC)CSc1nc2ccccc2[nH]1. The second-order valence-corrected chi connectivity index (χ2v) is 6.79. The predicted octanol–water partition coefficient (Wildman–Crippen LogP) is 5.17. The summed E-state index contributed by atoms with van der Waals surface area (Å²) >= 11 is 6.46. The molecule has 2 aromatic rings. The van der Waals surface area contributed by atoms with E-state index in [0.29, 0.717) is 5.41 Å². The number of hydrogen-bond acceptors (Lipinski definition) is 3. The lowest BCUT2D eigenvalue weighted by atomic mass is 9.83. The molecule has 2 nitrogen and oxygen atoms in total. The number of nitrogens with one attached hydrogen (secondary N) is 1. The van der Waals surface area contributed by atoms with Gasteiger partial charge in [-0.15, -0.1) is 0 Å².